The van der Waals surface area contributed by atoms with Crippen molar-refractivity contribution in [2.45, 2.75) is 55.9 Å². The minimum Gasteiger partial charge on any atom is -0.496 e. The maximum Gasteiger partial charge on any atom is 0.264 e. The number of benzene rings is 2. The average Bonchev–Trinajstić information content (AvgIpc) is 3.49. The molecule has 1 heterocycles. The first-order chi connectivity index (χ1) is 20.3. The van der Waals surface area contributed by atoms with E-state index in [1.165, 1.54) is 28.4 Å². The van der Waals surface area contributed by atoms with Gasteiger partial charge in [-0.15, -0.1) is 11.3 Å². The third-order valence-corrected chi connectivity index (χ3v) is 9.22. The number of anilines is 1. The Hall–Kier alpha value is -3.32. The van der Waals surface area contributed by atoms with Crippen LogP contribution in [-0.2, 0) is 25.0 Å². The van der Waals surface area contributed by atoms with Gasteiger partial charge >= 0.3 is 0 Å². The number of methoxy groups -OCH3 is 2. The summed E-state index contributed by atoms with van der Waals surface area (Å²) in [6, 6.07) is 12.9. The van der Waals surface area contributed by atoms with Crippen molar-refractivity contribution in [1.29, 1.82) is 0 Å². The van der Waals surface area contributed by atoms with Crippen LogP contribution < -0.4 is 14.4 Å². The van der Waals surface area contributed by atoms with Gasteiger partial charge < -0.3 is 14.4 Å². The molecule has 3 rings (SSSR count). The van der Waals surface area contributed by atoms with E-state index >= 15 is 0 Å². The van der Waals surface area contributed by atoms with E-state index in [1.54, 1.807) is 56.1 Å². The lowest BCUT2D eigenvalue weighted by molar-refractivity contribution is -0.125. The van der Waals surface area contributed by atoms with Crippen LogP contribution in [0.4, 0.5) is 5.13 Å². The molecule has 43 heavy (non-hydrogen) atoms. The van der Waals surface area contributed by atoms with Crippen molar-refractivity contribution in [3.8, 4) is 5.75 Å². The molecule has 1 aromatic heterocycles. The van der Waals surface area contributed by atoms with Gasteiger partial charge in [0.05, 0.1) is 12.0 Å². The molecule has 0 aliphatic carbocycles. The highest BCUT2D eigenvalue weighted by Crippen LogP contribution is 2.37. The minimum atomic E-state index is -4.26. The van der Waals surface area contributed by atoms with Crippen LogP contribution in [0.15, 0.2) is 65.0 Å². The first-order valence-electron chi connectivity index (χ1n) is 14.0. The Labute approximate surface area is 259 Å². The molecule has 0 aliphatic heterocycles. The van der Waals surface area contributed by atoms with Crippen molar-refractivity contribution >= 4 is 38.3 Å². The van der Waals surface area contributed by atoms with Crippen LogP contribution in [0.5, 0.6) is 5.75 Å². The molecule has 1 N–H and O–H groups in total. The zero-order valence-corrected chi connectivity index (χ0v) is 27.5. The molecule has 0 fully saturated rings. The van der Waals surface area contributed by atoms with Crippen LogP contribution in [0.1, 0.15) is 56.0 Å². The van der Waals surface area contributed by atoms with Crippen molar-refractivity contribution < 1.29 is 27.5 Å². The van der Waals surface area contributed by atoms with Crippen LogP contribution in [0.25, 0.3) is 0 Å². The summed E-state index contributed by atoms with van der Waals surface area (Å²) in [5, 5.41) is 1.98. The minimum absolute atomic E-state index is 0.0589. The molecule has 1 atom stereocenters. The Bertz CT molecular complexity index is 1470. The molecule has 12 heteroatoms. The number of aromatic nitrogens is 1. The fraction of sp³-hybridized carbons (Fsp3) is 0.452. The molecule has 0 radical (unpaired) electrons. The zero-order valence-electron chi connectivity index (χ0n) is 25.9. The molecule has 2 aromatic carbocycles. The maximum atomic E-state index is 14.6. The molecular formula is C31H42N4O6S2. The number of amides is 2. The highest BCUT2D eigenvalue weighted by Gasteiger charge is 2.49. The topological polar surface area (TPSA) is 118 Å². The second-order valence-corrected chi connectivity index (χ2v) is 14.1. The van der Waals surface area contributed by atoms with Crippen molar-refractivity contribution in [3.05, 3.63) is 71.2 Å². The van der Waals surface area contributed by atoms with E-state index in [2.05, 4.69) is 9.71 Å². The Morgan fingerprint density at radius 2 is 1.72 bits per heavy atom. The fourth-order valence-electron chi connectivity index (χ4n) is 4.83. The SMILES string of the molecule is COCCCC(CCN(C)C)(C(=O)NS(=O)(=O)c1ccccc1)N(C(=O)c1ccc(C(C)(C)C)c(OC)c1)c1nccs1. The largest absolute Gasteiger partial charge is 0.496 e. The summed E-state index contributed by atoms with van der Waals surface area (Å²) in [6.45, 7) is 6.83. The first-order valence-corrected chi connectivity index (χ1v) is 16.3. The predicted molar refractivity (Wildman–Crippen MR) is 169 cm³/mol. The van der Waals surface area contributed by atoms with E-state index in [4.69, 9.17) is 9.47 Å². The maximum absolute atomic E-state index is 14.6. The number of sulfonamides is 1. The monoisotopic (exact) mass is 630 g/mol. The van der Waals surface area contributed by atoms with Crippen LogP contribution >= 0.6 is 11.3 Å². The Morgan fingerprint density at radius 1 is 1.02 bits per heavy atom. The molecule has 234 valence electrons. The second-order valence-electron chi connectivity index (χ2n) is 11.5. The molecule has 0 saturated heterocycles. The van der Waals surface area contributed by atoms with Gasteiger partial charge in [0.15, 0.2) is 5.13 Å². The lowest BCUT2D eigenvalue weighted by Crippen LogP contribution is -2.63. The summed E-state index contributed by atoms with van der Waals surface area (Å²) in [5.74, 6) is -0.792. The average molecular weight is 631 g/mol. The van der Waals surface area contributed by atoms with E-state index in [0.29, 0.717) is 25.3 Å². The van der Waals surface area contributed by atoms with Gasteiger partial charge in [-0.25, -0.2) is 18.1 Å². The van der Waals surface area contributed by atoms with Crippen molar-refractivity contribution in [3.63, 3.8) is 0 Å². The Balaban J connectivity index is 2.24. The number of hydrogen-bond acceptors (Lipinski definition) is 9. The van der Waals surface area contributed by atoms with E-state index in [-0.39, 0.29) is 33.8 Å². The zero-order chi connectivity index (χ0) is 31.8. The molecule has 3 aromatic rings. The molecular weight excluding hydrogens is 588 g/mol. The van der Waals surface area contributed by atoms with Crippen molar-refractivity contribution in [2.75, 3.05) is 46.4 Å². The number of ether oxygens (including phenoxy) is 2. The molecule has 0 spiro atoms. The van der Waals surface area contributed by atoms with E-state index in [9.17, 15) is 18.0 Å². The standard InChI is InChI=1S/C31H42N4O6S2/c1-30(2,3)25-15-14-23(22-26(25)41-7)27(36)35(29-32-18-21-42-29)31(16-11-20-40-6,17-19-34(4)5)28(37)33-43(38,39)24-12-9-8-10-13-24/h8-10,12-15,18,21-22H,11,16-17,19-20H2,1-7H3,(H,33,37). The van der Waals surface area contributed by atoms with Crippen molar-refractivity contribution in [2.24, 2.45) is 0 Å². The quantitative estimate of drug-likeness (QED) is 0.254. The molecule has 2 amide bonds. The first kappa shape index (κ1) is 34.2. The second kappa shape index (κ2) is 14.4. The van der Waals surface area contributed by atoms with Gasteiger partial charge in [-0.05, 0) is 68.6 Å². The van der Waals surface area contributed by atoms with Crippen molar-refractivity contribution in [1.82, 2.24) is 14.6 Å². The Kier molecular flexibility index (Phi) is 11.5. The highest BCUT2D eigenvalue weighted by molar-refractivity contribution is 7.90. The number of thiazole rings is 1. The van der Waals surface area contributed by atoms with E-state index in [0.717, 1.165) is 5.56 Å². The van der Waals surface area contributed by atoms with Gasteiger partial charge in [-0.3, -0.25) is 14.5 Å². The number of hydrogen-bond donors (Lipinski definition) is 1. The van der Waals surface area contributed by atoms with Gasteiger partial charge in [0.1, 0.15) is 11.3 Å². The third kappa shape index (κ3) is 8.20. The number of rotatable bonds is 14. The van der Waals surface area contributed by atoms with Gasteiger partial charge in [-0.2, -0.15) is 0 Å². The fourth-order valence-corrected chi connectivity index (χ4v) is 6.63. The summed E-state index contributed by atoms with van der Waals surface area (Å²) in [7, 11) is 2.54. The van der Waals surface area contributed by atoms with Gasteiger partial charge in [-0.1, -0.05) is 45.0 Å². The number of carbonyl (C=O) groups excluding carboxylic acids is 2. The highest BCUT2D eigenvalue weighted by atomic mass is 32.2. The number of nitrogens with one attached hydrogen (secondary N) is 1. The molecule has 0 saturated carbocycles. The van der Waals surface area contributed by atoms with Crippen LogP contribution in [0.2, 0.25) is 0 Å². The number of carbonyl (C=O) groups is 2. The van der Waals surface area contributed by atoms with Gasteiger partial charge in [0, 0.05) is 37.4 Å². The molecule has 0 aliphatic rings. The number of nitrogens with zero attached hydrogens (tertiary/aromatic N) is 3. The summed E-state index contributed by atoms with van der Waals surface area (Å²) >= 11 is 1.19. The Morgan fingerprint density at radius 3 is 2.28 bits per heavy atom. The van der Waals surface area contributed by atoms with Crippen LogP contribution in [0, 0.1) is 0 Å². The smallest absolute Gasteiger partial charge is 0.264 e. The summed E-state index contributed by atoms with van der Waals surface area (Å²) in [4.78, 5) is 36.7. The third-order valence-electron chi connectivity index (χ3n) is 7.11. The van der Waals surface area contributed by atoms with Crippen LogP contribution in [-0.4, -0.2) is 77.1 Å². The van der Waals surface area contributed by atoms with E-state index < -0.39 is 27.4 Å². The normalized spacial score (nSPS) is 13.4. The van der Waals surface area contributed by atoms with E-state index in [1.807, 2.05) is 45.8 Å². The predicted octanol–water partition coefficient (Wildman–Crippen LogP) is 4.72. The molecule has 0 bridgehead atoms. The lowest BCUT2D eigenvalue weighted by atomic mass is 9.84. The van der Waals surface area contributed by atoms with Gasteiger partial charge in [0.2, 0.25) is 0 Å². The molecule has 10 nitrogen and oxygen atoms in total. The van der Waals surface area contributed by atoms with Gasteiger partial charge in [0.25, 0.3) is 21.8 Å². The van der Waals surface area contributed by atoms with Crippen LogP contribution in [0.3, 0.4) is 0 Å². The molecule has 1 unspecified atom stereocenters. The summed E-state index contributed by atoms with van der Waals surface area (Å²) in [6.07, 6.45) is 2.17. The summed E-state index contributed by atoms with van der Waals surface area (Å²) < 4.78 is 40.1. The lowest BCUT2D eigenvalue weighted by Gasteiger charge is -2.42. The summed E-state index contributed by atoms with van der Waals surface area (Å²) in [5.41, 5.74) is -0.698.